The molecule has 3 nitrogen and oxygen atoms in total. The molecule has 0 unspecified atom stereocenters. The molecule has 1 heterocycles. The second kappa shape index (κ2) is 5.74. The smallest absolute Gasteiger partial charge is 0.172 e. The first-order valence-corrected chi connectivity index (χ1v) is 6.34. The van der Waals surface area contributed by atoms with Crippen LogP contribution in [0.4, 0.5) is 4.39 Å². The molecule has 2 N–H and O–H groups in total. The first-order chi connectivity index (χ1) is 9.50. The summed E-state index contributed by atoms with van der Waals surface area (Å²) in [7, 11) is 0. The molecule has 0 aliphatic heterocycles. The predicted molar refractivity (Wildman–Crippen MR) is 77.0 cm³/mol. The van der Waals surface area contributed by atoms with Crippen LogP contribution in [0.5, 0.6) is 11.5 Å². The van der Waals surface area contributed by atoms with Gasteiger partial charge in [0, 0.05) is 17.3 Å². The standard InChI is InChI=1S/C16H16FNO2/c1-10(2)14-13(19)9-11(15(17)16(14)20)6-7-12-5-3-4-8-18-12/h3-10,19-20H,1-2H3/b7-6+. The van der Waals surface area contributed by atoms with Crippen LogP contribution in [0.15, 0.2) is 30.5 Å². The summed E-state index contributed by atoms with van der Waals surface area (Å²) in [5.74, 6) is -1.52. The second-order valence-electron chi connectivity index (χ2n) is 4.80. The van der Waals surface area contributed by atoms with Crippen LogP contribution < -0.4 is 0 Å². The summed E-state index contributed by atoms with van der Waals surface area (Å²) >= 11 is 0. The van der Waals surface area contributed by atoms with E-state index in [0.29, 0.717) is 5.69 Å². The second-order valence-corrected chi connectivity index (χ2v) is 4.80. The molecule has 0 saturated heterocycles. The summed E-state index contributed by atoms with van der Waals surface area (Å²) in [4.78, 5) is 4.08. The molecule has 0 atom stereocenters. The van der Waals surface area contributed by atoms with E-state index in [1.165, 1.54) is 12.1 Å². The van der Waals surface area contributed by atoms with E-state index in [0.717, 1.165) is 0 Å². The van der Waals surface area contributed by atoms with Crippen molar-refractivity contribution in [1.29, 1.82) is 0 Å². The van der Waals surface area contributed by atoms with Gasteiger partial charge in [-0.1, -0.05) is 19.9 Å². The van der Waals surface area contributed by atoms with Gasteiger partial charge < -0.3 is 10.2 Å². The molecule has 0 spiro atoms. The van der Waals surface area contributed by atoms with Gasteiger partial charge >= 0.3 is 0 Å². The average Bonchev–Trinajstić information content (AvgIpc) is 2.42. The number of hydrogen-bond donors (Lipinski definition) is 2. The van der Waals surface area contributed by atoms with Gasteiger partial charge in [-0.15, -0.1) is 0 Å². The molecular formula is C16H16FNO2. The van der Waals surface area contributed by atoms with E-state index < -0.39 is 11.6 Å². The minimum absolute atomic E-state index is 0.112. The fraction of sp³-hybridized carbons (Fsp3) is 0.188. The number of hydrogen-bond acceptors (Lipinski definition) is 3. The highest BCUT2D eigenvalue weighted by molar-refractivity contribution is 5.71. The van der Waals surface area contributed by atoms with Crippen LogP contribution >= 0.6 is 0 Å². The molecule has 0 fully saturated rings. The largest absolute Gasteiger partial charge is 0.507 e. The zero-order valence-corrected chi connectivity index (χ0v) is 11.3. The molecule has 4 heteroatoms. The molecule has 0 amide bonds. The Bertz CT molecular complexity index is 637. The third-order valence-electron chi connectivity index (χ3n) is 2.98. The van der Waals surface area contributed by atoms with Crippen molar-refractivity contribution in [2.24, 2.45) is 0 Å². The van der Waals surface area contributed by atoms with E-state index in [2.05, 4.69) is 4.98 Å². The Kier molecular flexibility index (Phi) is 4.03. The van der Waals surface area contributed by atoms with Crippen molar-refractivity contribution < 1.29 is 14.6 Å². The normalized spacial score (nSPS) is 11.4. The molecule has 0 saturated carbocycles. The van der Waals surface area contributed by atoms with Gasteiger partial charge in [-0.2, -0.15) is 0 Å². The molecule has 0 aliphatic rings. The molecule has 2 aromatic rings. The van der Waals surface area contributed by atoms with Gasteiger partial charge in [-0.25, -0.2) is 4.39 Å². The third-order valence-corrected chi connectivity index (χ3v) is 2.98. The summed E-state index contributed by atoms with van der Waals surface area (Å²) in [5, 5.41) is 19.7. The molecule has 2 rings (SSSR count). The van der Waals surface area contributed by atoms with Crippen molar-refractivity contribution in [3.63, 3.8) is 0 Å². The van der Waals surface area contributed by atoms with Gasteiger partial charge in [-0.3, -0.25) is 4.98 Å². The Morgan fingerprint density at radius 2 is 1.95 bits per heavy atom. The SMILES string of the molecule is CC(C)c1c(O)cc(/C=C/c2ccccn2)c(F)c1O. The molecule has 0 bridgehead atoms. The van der Waals surface area contributed by atoms with Crippen molar-refractivity contribution in [3.05, 3.63) is 53.1 Å². The Balaban J connectivity index is 2.42. The number of phenolic OH excluding ortho intramolecular Hbond substituents is 2. The fourth-order valence-electron chi connectivity index (χ4n) is 2.00. The quantitative estimate of drug-likeness (QED) is 0.891. The highest BCUT2D eigenvalue weighted by atomic mass is 19.1. The van der Waals surface area contributed by atoms with E-state index in [1.54, 1.807) is 38.3 Å². The summed E-state index contributed by atoms with van der Waals surface area (Å²) < 4.78 is 14.1. The Labute approximate surface area is 117 Å². The van der Waals surface area contributed by atoms with Gasteiger partial charge in [0.2, 0.25) is 0 Å². The van der Waals surface area contributed by atoms with Crippen molar-refractivity contribution in [2.75, 3.05) is 0 Å². The highest BCUT2D eigenvalue weighted by Crippen LogP contribution is 2.38. The lowest BCUT2D eigenvalue weighted by Crippen LogP contribution is -1.94. The van der Waals surface area contributed by atoms with Crippen LogP contribution in [0.3, 0.4) is 0 Å². The molecular weight excluding hydrogens is 257 g/mol. The average molecular weight is 273 g/mol. The number of aromatic nitrogens is 1. The molecule has 1 aromatic heterocycles. The minimum atomic E-state index is -0.737. The number of aromatic hydroxyl groups is 2. The number of nitrogens with zero attached hydrogens (tertiary/aromatic N) is 1. The van der Waals surface area contributed by atoms with Gasteiger partial charge in [0.25, 0.3) is 0 Å². The Hall–Kier alpha value is -2.36. The van der Waals surface area contributed by atoms with Crippen LogP contribution in [-0.4, -0.2) is 15.2 Å². The monoisotopic (exact) mass is 273 g/mol. The molecule has 0 aliphatic carbocycles. The summed E-state index contributed by atoms with van der Waals surface area (Å²) in [6.07, 6.45) is 4.72. The van der Waals surface area contributed by atoms with Crippen molar-refractivity contribution in [2.45, 2.75) is 19.8 Å². The van der Waals surface area contributed by atoms with Crippen LogP contribution in [0.1, 0.15) is 36.6 Å². The summed E-state index contributed by atoms with van der Waals surface area (Å²) in [6, 6.07) is 6.69. The van der Waals surface area contributed by atoms with Gasteiger partial charge in [0.15, 0.2) is 11.6 Å². The van der Waals surface area contributed by atoms with Crippen molar-refractivity contribution in [3.8, 4) is 11.5 Å². The number of benzene rings is 1. The van der Waals surface area contributed by atoms with E-state index in [1.807, 2.05) is 6.07 Å². The minimum Gasteiger partial charge on any atom is -0.507 e. The lowest BCUT2D eigenvalue weighted by molar-refractivity contribution is 0.404. The van der Waals surface area contributed by atoms with Crippen molar-refractivity contribution >= 4 is 12.2 Å². The number of halogens is 1. The maximum Gasteiger partial charge on any atom is 0.172 e. The topological polar surface area (TPSA) is 53.4 Å². The molecule has 20 heavy (non-hydrogen) atoms. The Morgan fingerprint density at radius 1 is 1.20 bits per heavy atom. The number of pyridine rings is 1. The van der Waals surface area contributed by atoms with Crippen LogP contribution in [0.25, 0.3) is 12.2 Å². The lowest BCUT2D eigenvalue weighted by atomic mass is 9.98. The maximum atomic E-state index is 14.1. The molecule has 104 valence electrons. The fourth-order valence-corrected chi connectivity index (χ4v) is 2.00. The maximum absolute atomic E-state index is 14.1. The summed E-state index contributed by atoms with van der Waals surface area (Å²) in [5.41, 5.74) is 1.01. The zero-order valence-electron chi connectivity index (χ0n) is 11.3. The molecule has 0 radical (unpaired) electrons. The first kappa shape index (κ1) is 14.1. The number of phenols is 2. The van der Waals surface area contributed by atoms with Gasteiger partial charge in [0.1, 0.15) is 5.75 Å². The predicted octanol–water partition coefficient (Wildman–Crippen LogP) is 3.93. The van der Waals surface area contributed by atoms with Gasteiger partial charge in [-0.05, 0) is 36.3 Å². The lowest BCUT2D eigenvalue weighted by Gasteiger charge is -2.13. The van der Waals surface area contributed by atoms with E-state index in [9.17, 15) is 14.6 Å². The zero-order chi connectivity index (χ0) is 14.7. The van der Waals surface area contributed by atoms with Crippen LogP contribution in [-0.2, 0) is 0 Å². The van der Waals surface area contributed by atoms with Crippen LogP contribution in [0.2, 0.25) is 0 Å². The molecule has 1 aromatic carbocycles. The summed E-state index contributed by atoms with van der Waals surface area (Å²) in [6.45, 7) is 3.55. The Morgan fingerprint density at radius 3 is 2.55 bits per heavy atom. The van der Waals surface area contributed by atoms with E-state index in [-0.39, 0.29) is 22.8 Å². The van der Waals surface area contributed by atoms with Crippen LogP contribution in [0, 0.1) is 5.82 Å². The van der Waals surface area contributed by atoms with E-state index >= 15 is 0 Å². The third kappa shape index (κ3) is 2.79. The van der Waals surface area contributed by atoms with E-state index in [4.69, 9.17) is 0 Å². The van der Waals surface area contributed by atoms with Crippen molar-refractivity contribution in [1.82, 2.24) is 4.98 Å². The number of rotatable bonds is 3. The van der Waals surface area contributed by atoms with Gasteiger partial charge in [0.05, 0.1) is 5.69 Å². The first-order valence-electron chi connectivity index (χ1n) is 6.34. The highest BCUT2D eigenvalue weighted by Gasteiger charge is 2.18.